The van der Waals surface area contributed by atoms with Crippen LogP contribution in [0, 0.1) is 6.92 Å². The lowest BCUT2D eigenvalue weighted by atomic mass is 10.00. The number of fused-ring (bicyclic) bond motifs is 1. The summed E-state index contributed by atoms with van der Waals surface area (Å²) < 4.78 is 0. The minimum absolute atomic E-state index is 0.199. The van der Waals surface area contributed by atoms with Gasteiger partial charge < -0.3 is 9.80 Å². The van der Waals surface area contributed by atoms with Gasteiger partial charge in [0.05, 0.1) is 0 Å². The highest BCUT2D eigenvalue weighted by Crippen LogP contribution is 2.26. The predicted octanol–water partition coefficient (Wildman–Crippen LogP) is 4.01. The van der Waals surface area contributed by atoms with E-state index in [1.54, 1.807) is 0 Å². The smallest absolute Gasteiger partial charge is 0.254 e. The lowest BCUT2D eigenvalue weighted by molar-refractivity contribution is 0.0663. The molecule has 4 nitrogen and oxygen atoms in total. The van der Waals surface area contributed by atoms with E-state index in [1.807, 2.05) is 19.2 Å². The lowest BCUT2D eigenvalue weighted by Gasteiger charge is -2.39. The Morgan fingerprint density at radius 2 is 1.93 bits per heavy atom. The number of nitrogens with zero attached hydrogens (tertiary/aromatic N) is 3. The molecule has 0 bridgehead atoms. The van der Waals surface area contributed by atoms with Crippen LogP contribution in [0.2, 0.25) is 0 Å². The molecule has 4 rings (SSSR count). The van der Waals surface area contributed by atoms with E-state index >= 15 is 0 Å². The van der Waals surface area contributed by atoms with Gasteiger partial charge in [-0.3, -0.25) is 9.78 Å². The summed E-state index contributed by atoms with van der Waals surface area (Å²) >= 11 is 0. The normalized spacial score (nSPS) is 17.0. The van der Waals surface area contributed by atoms with Crippen molar-refractivity contribution in [3.63, 3.8) is 0 Å². The molecular weight excluding hydrogens is 334 g/mol. The Labute approximate surface area is 162 Å². The molecule has 1 fully saturated rings. The van der Waals surface area contributed by atoms with Crippen molar-refractivity contribution in [2.24, 2.45) is 0 Å². The lowest BCUT2D eigenvalue weighted by Crippen LogP contribution is -2.47. The van der Waals surface area contributed by atoms with E-state index in [9.17, 15) is 4.79 Å². The summed E-state index contributed by atoms with van der Waals surface area (Å²) in [5, 5.41) is 0. The van der Waals surface area contributed by atoms with E-state index in [1.165, 1.54) is 23.2 Å². The minimum Gasteiger partial charge on any atom is -0.371 e. The van der Waals surface area contributed by atoms with Gasteiger partial charge in [-0.1, -0.05) is 6.07 Å². The zero-order valence-corrected chi connectivity index (χ0v) is 16.4. The van der Waals surface area contributed by atoms with Gasteiger partial charge in [-0.05, 0) is 81.3 Å². The molecule has 1 aliphatic carbocycles. The van der Waals surface area contributed by atoms with E-state index < -0.39 is 0 Å². The van der Waals surface area contributed by atoms with E-state index in [4.69, 9.17) is 0 Å². The van der Waals surface area contributed by atoms with Crippen LogP contribution >= 0.6 is 0 Å². The standard InChI is InChI=1S/C23H29N3O/c1-3-26(23(27)20-8-7-18-5-4-6-19(18)16-20)21-10-13-25(14-11-21)22-9-12-24-17(2)15-22/h7-9,12,15-16,21H,3-6,10-11,13-14H2,1-2H3. The van der Waals surface area contributed by atoms with Crippen molar-refractivity contribution in [2.75, 3.05) is 24.5 Å². The van der Waals surface area contributed by atoms with Crippen LogP contribution in [0.4, 0.5) is 5.69 Å². The number of hydrogen-bond acceptors (Lipinski definition) is 3. The number of amides is 1. The number of benzene rings is 1. The fourth-order valence-electron chi connectivity index (χ4n) is 4.60. The molecule has 1 amide bonds. The van der Waals surface area contributed by atoms with Crippen molar-refractivity contribution in [1.82, 2.24) is 9.88 Å². The molecule has 0 spiro atoms. The molecule has 142 valence electrons. The molecule has 0 radical (unpaired) electrons. The number of carbonyl (C=O) groups is 1. The van der Waals surface area contributed by atoms with Crippen LogP contribution in [0.25, 0.3) is 0 Å². The average molecular weight is 364 g/mol. The molecule has 0 saturated carbocycles. The van der Waals surface area contributed by atoms with Gasteiger partial charge in [-0.15, -0.1) is 0 Å². The van der Waals surface area contributed by atoms with Gasteiger partial charge in [0.15, 0.2) is 0 Å². The maximum atomic E-state index is 13.2. The van der Waals surface area contributed by atoms with Crippen LogP contribution in [0.15, 0.2) is 36.5 Å². The zero-order chi connectivity index (χ0) is 18.8. The Morgan fingerprint density at radius 3 is 2.67 bits per heavy atom. The summed E-state index contributed by atoms with van der Waals surface area (Å²) in [5.41, 5.74) is 5.96. The van der Waals surface area contributed by atoms with Crippen molar-refractivity contribution in [1.29, 1.82) is 0 Å². The fourth-order valence-corrected chi connectivity index (χ4v) is 4.60. The number of rotatable bonds is 4. The molecule has 2 aromatic rings. The summed E-state index contributed by atoms with van der Waals surface area (Å²) in [6.45, 7) is 6.88. The number of piperidine rings is 1. The fraction of sp³-hybridized carbons (Fsp3) is 0.478. The number of carbonyl (C=O) groups excluding carboxylic acids is 1. The third-order valence-corrected chi connectivity index (χ3v) is 6.10. The monoisotopic (exact) mass is 363 g/mol. The molecule has 0 atom stereocenters. The molecule has 0 N–H and O–H groups in total. The maximum absolute atomic E-state index is 13.2. The van der Waals surface area contributed by atoms with Gasteiger partial charge >= 0.3 is 0 Å². The van der Waals surface area contributed by atoms with Crippen LogP contribution in [0.5, 0.6) is 0 Å². The first-order valence-electron chi connectivity index (χ1n) is 10.3. The number of anilines is 1. The molecule has 4 heteroatoms. The van der Waals surface area contributed by atoms with E-state index in [2.05, 4.69) is 46.0 Å². The minimum atomic E-state index is 0.199. The number of aromatic nitrogens is 1. The molecular formula is C23H29N3O. The second-order valence-corrected chi connectivity index (χ2v) is 7.80. The summed E-state index contributed by atoms with van der Waals surface area (Å²) in [4.78, 5) is 22.0. The third-order valence-electron chi connectivity index (χ3n) is 6.10. The van der Waals surface area contributed by atoms with Gasteiger partial charge in [-0.25, -0.2) is 0 Å². The van der Waals surface area contributed by atoms with Crippen molar-refractivity contribution in [3.8, 4) is 0 Å². The van der Waals surface area contributed by atoms with Gasteiger partial charge in [0.2, 0.25) is 0 Å². The quantitative estimate of drug-likeness (QED) is 0.823. The molecule has 1 aliphatic heterocycles. The third kappa shape index (κ3) is 3.71. The SMILES string of the molecule is CCN(C(=O)c1ccc2c(c1)CCC2)C1CCN(c2ccnc(C)c2)CC1. The highest BCUT2D eigenvalue weighted by molar-refractivity contribution is 5.94. The predicted molar refractivity (Wildman–Crippen MR) is 109 cm³/mol. The van der Waals surface area contributed by atoms with E-state index in [0.29, 0.717) is 6.04 Å². The summed E-state index contributed by atoms with van der Waals surface area (Å²) in [5.74, 6) is 0.199. The van der Waals surface area contributed by atoms with Crippen molar-refractivity contribution < 1.29 is 4.79 Å². The van der Waals surface area contributed by atoms with Gasteiger partial charge in [0, 0.05) is 48.8 Å². The summed E-state index contributed by atoms with van der Waals surface area (Å²) in [6, 6.07) is 10.9. The molecule has 1 aromatic heterocycles. The van der Waals surface area contributed by atoms with Crippen LogP contribution < -0.4 is 4.90 Å². The summed E-state index contributed by atoms with van der Waals surface area (Å²) in [7, 11) is 0. The molecule has 2 aliphatic rings. The highest BCUT2D eigenvalue weighted by atomic mass is 16.2. The number of aryl methyl sites for hydroxylation is 3. The molecule has 1 aromatic carbocycles. The maximum Gasteiger partial charge on any atom is 0.254 e. The molecule has 1 saturated heterocycles. The van der Waals surface area contributed by atoms with E-state index in [-0.39, 0.29) is 5.91 Å². The van der Waals surface area contributed by atoms with Crippen LogP contribution in [-0.4, -0.2) is 41.5 Å². The zero-order valence-electron chi connectivity index (χ0n) is 16.4. The Bertz CT molecular complexity index is 824. The number of pyridine rings is 1. The molecule has 0 unspecified atom stereocenters. The van der Waals surface area contributed by atoms with Crippen LogP contribution in [0.1, 0.15) is 53.4 Å². The molecule has 2 heterocycles. The highest BCUT2D eigenvalue weighted by Gasteiger charge is 2.28. The first-order chi connectivity index (χ1) is 13.2. The van der Waals surface area contributed by atoms with Gasteiger partial charge in [-0.2, -0.15) is 0 Å². The average Bonchev–Trinajstić information content (AvgIpc) is 3.17. The summed E-state index contributed by atoms with van der Waals surface area (Å²) in [6.07, 6.45) is 7.42. The Kier molecular flexibility index (Phi) is 5.15. The Morgan fingerprint density at radius 1 is 1.15 bits per heavy atom. The first-order valence-corrected chi connectivity index (χ1v) is 10.3. The Balaban J connectivity index is 1.43. The second kappa shape index (κ2) is 7.71. The molecule has 27 heavy (non-hydrogen) atoms. The van der Waals surface area contributed by atoms with Crippen molar-refractivity contribution in [2.45, 2.75) is 52.0 Å². The number of hydrogen-bond donors (Lipinski definition) is 0. The van der Waals surface area contributed by atoms with Crippen LogP contribution in [-0.2, 0) is 12.8 Å². The van der Waals surface area contributed by atoms with Gasteiger partial charge in [0.25, 0.3) is 5.91 Å². The van der Waals surface area contributed by atoms with Crippen molar-refractivity contribution >= 4 is 11.6 Å². The van der Waals surface area contributed by atoms with Gasteiger partial charge in [0.1, 0.15) is 0 Å². The van der Waals surface area contributed by atoms with Crippen molar-refractivity contribution in [3.05, 3.63) is 58.9 Å². The first kappa shape index (κ1) is 18.0. The largest absolute Gasteiger partial charge is 0.371 e. The second-order valence-electron chi connectivity index (χ2n) is 7.80. The van der Waals surface area contributed by atoms with Crippen LogP contribution in [0.3, 0.4) is 0 Å². The van der Waals surface area contributed by atoms with E-state index in [0.717, 1.165) is 56.6 Å². The Hall–Kier alpha value is -2.36. The topological polar surface area (TPSA) is 36.4 Å².